The Hall–Kier alpha value is -8.37. The molecule has 8 fully saturated rings. The van der Waals surface area contributed by atoms with Crippen LogP contribution in [0.25, 0.3) is 21.5 Å². The summed E-state index contributed by atoms with van der Waals surface area (Å²) in [4.78, 5) is 112. The van der Waals surface area contributed by atoms with Gasteiger partial charge in [-0.05, 0) is 196 Å². The first-order valence-corrected chi connectivity index (χ1v) is 44.7. The molecule has 0 spiro atoms. The van der Waals surface area contributed by atoms with Gasteiger partial charge in [0.05, 0.1) is 98.7 Å². The van der Waals surface area contributed by atoms with E-state index in [9.17, 15) is 68.7 Å². The number of benzene rings is 5. The Balaban J connectivity index is 0.000000198. The molecule has 638 valence electrons. The van der Waals surface area contributed by atoms with Crippen LogP contribution in [0.15, 0.2) is 132 Å². The third-order valence-electron chi connectivity index (χ3n) is 22.9. The Morgan fingerprint density at radius 2 is 1.03 bits per heavy atom. The number of ketones is 2. The molecule has 5 aromatic carbocycles. The number of esters is 3. The first-order chi connectivity index (χ1) is 55.1. The van der Waals surface area contributed by atoms with Gasteiger partial charge in [-0.25, -0.2) is 9.86 Å². The summed E-state index contributed by atoms with van der Waals surface area (Å²) in [5.74, 6) is -3.88. The second-order valence-electron chi connectivity index (χ2n) is 33.7. The van der Waals surface area contributed by atoms with Crippen molar-refractivity contribution in [2.45, 2.75) is 224 Å². The molecule has 6 saturated carbocycles. The molecular weight excluding hydrogens is 1640 g/mol. The van der Waals surface area contributed by atoms with E-state index in [-0.39, 0.29) is 93.1 Å². The fourth-order valence-electron chi connectivity index (χ4n) is 15.8. The van der Waals surface area contributed by atoms with Crippen LogP contribution in [0.1, 0.15) is 170 Å². The highest BCUT2D eigenvalue weighted by molar-refractivity contribution is 9.10. The van der Waals surface area contributed by atoms with Gasteiger partial charge in [-0.3, -0.25) is 50.9 Å². The molecule has 5 aromatic rings. The highest BCUT2D eigenvalue weighted by Crippen LogP contribution is 2.58. The second kappa shape index (κ2) is 37.9. The van der Waals surface area contributed by atoms with E-state index < -0.39 is 142 Å². The lowest BCUT2D eigenvalue weighted by atomic mass is 9.77. The lowest BCUT2D eigenvalue weighted by Crippen LogP contribution is -2.48. The van der Waals surface area contributed by atoms with Crippen molar-refractivity contribution in [2.24, 2.45) is 50.5 Å². The molecule has 6 aliphatic carbocycles. The number of methoxy groups -OCH3 is 3. The molecule has 3 amide bonds. The van der Waals surface area contributed by atoms with Crippen molar-refractivity contribution < 1.29 is 110 Å². The third-order valence-corrected chi connectivity index (χ3v) is 26.3. The van der Waals surface area contributed by atoms with Gasteiger partial charge in [0.2, 0.25) is 17.7 Å². The van der Waals surface area contributed by atoms with Crippen molar-refractivity contribution in [3.8, 4) is 23.0 Å². The zero-order valence-corrected chi connectivity index (χ0v) is 71.7. The first kappa shape index (κ1) is 90.9. The minimum Gasteiger partial charge on any atom is -0.507 e. The molecule has 8 aliphatic rings. The van der Waals surface area contributed by atoms with E-state index in [0.717, 1.165) is 91.5 Å². The summed E-state index contributed by atoms with van der Waals surface area (Å²) < 4.78 is 123. The van der Waals surface area contributed by atoms with Crippen molar-refractivity contribution >= 4 is 115 Å². The number of aromatic hydroxyl groups is 1. The number of nitrogens with two attached hydrogens (primary N) is 1. The lowest BCUT2D eigenvalue weighted by Gasteiger charge is -2.35. The minimum atomic E-state index is -4.37. The van der Waals surface area contributed by atoms with Gasteiger partial charge >= 0.3 is 38.5 Å². The number of carbonyl (C=O) groups excluding carboxylic acids is 8. The van der Waals surface area contributed by atoms with Gasteiger partial charge in [0.1, 0.15) is 41.3 Å². The van der Waals surface area contributed by atoms with Crippen LogP contribution in [-0.2, 0) is 95.8 Å². The third kappa shape index (κ3) is 24.0. The predicted octanol–water partition coefficient (Wildman–Crippen LogP) is 12.3. The molecule has 4 N–H and O–H groups in total. The van der Waals surface area contributed by atoms with Crippen molar-refractivity contribution in [2.75, 3.05) is 34.4 Å². The number of ether oxygens (including phenoxy) is 6. The van der Waals surface area contributed by atoms with E-state index in [1.54, 1.807) is 44.6 Å². The largest absolute Gasteiger partial charge is 0.507 e. The highest BCUT2D eigenvalue weighted by atomic mass is 79.9. The van der Waals surface area contributed by atoms with Crippen LogP contribution in [0.3, 0.4) is 0 Å². The quantitative estimate of drug-likeness (QED) is 0.0166. The van der Waals surface area contributed by atoms with Gasteiger partial charge in [-0.15, -0.1) is 13.2 Å². The number of halogens is 1. The Morgan fingerprint density at radius 3 is 1.48 bits per heavy atom. The summed E-state index contributed by atoms with van der Waals surface area (Å²) in [7, 11) is -7.77. The van der Waals surface area contributed by atoms with Crippen LogP contribution in [0, 0.1) is 45.3 Å². The number of phenols is 1. The number of Topliss-reactive ketones (excluding diaryl/α,β-unsaturated/α-hetero) is 2. The fraction of sp³-hybridized carbons (Fsp3) is 0.553. The number of nitrogens with zero attached hydrogens (tertiary/aromatic N) is 2. The highest BCUT2D eigenvalue weighted by Gasteiger charge is 2.63. The van der Waals surface area contributed by atoms with Crippen LogP contribution in [0.2, 0.25) is 0 Å². The van der Waals surface area contributed by atoms with Crippen molar-refractivity contribution in [3.63, 3.8) is 0 Å². The molecule has 0 radical (unpaired) electrons. The molecule has 2 saturated heterocycles. The maximum absolute atomic E-state index is 14.6. The number of carbonyl (C=O) groups is 8. The Kier molecular flexibility index (Phi) is 29.5. The van der Waals surface area contributed by atoms with Crippen LogP contribution >= 0.6 is 15.9 Å². The van der Waals surface area contributed by atoms with Gasteiger partial charge in [0.15, 0.2) is 11.6 Å². The summed E-state index contributed by atoms with van der Waals surface area (Å²) in [6, 6.07) is 26.1. The maximum atomic E-state index is 14.6. The Morgan fingerprint density at radius 1 is 0.573 bits per heavy atom. The van der Waals surface area contributed by atoms with E-state index >= 15 is 0 Å². The number of hydrogen-bond acceptors (Lipinski definition) is 24. The van der Waals surface area contributed by atoms with E-state index in [0.29, 0.717) is 41.0 Å². The number of nitrogens with one attached hydrogen (secondary N) is 1. The molecule has 32 heteroatoms. The number of allylic oxidation sites excluding steroid dienone is 2. The van der Waals surface area contributed by atoms with Gasteiger partial charge < -0.3 is 43.3 Å². The standard InChI is InChI=1S/C39H50N2O10S.C32H42BrNO9S.C11H10O2.C3H7NO3S/c1-6-25-21-39(25,37(45)40-52(46,47)51-27-14-15-27)22-33(42)32-19-29(49-34-13-9-10-24-18-28(48-5)16-17-30(24)34)23-41(32)36(44)31(38(2,3)4)20-35(43)50-26-11-7-8-12-26;1-6-20-17-32(20,30(38)41-5)18-27(35)26-15-23(43-44(39,40)24-13-11-21(33)12-14-24)19-34(26)29(37)25(31(2,3)4)16-28(36)42-22-9-7-8-10-22;1-13-9-5-6-10-8(7-9)3-2-4-11(10)12;4-8(5,6)7-3-1-2-3/h6,9-10,13,16-18,25-27,29,31-32H,1,7-8,11-12,14-15,19-23H2,2-5H3,(H,40,45);6,11-14,20,22-23,25-26H,1,7-10,15-19H2,2-5H3;2-7,12H,1H3;3H,1-2H2,(H2,4,5,6)/t25-,29-,31-,32+,39-;20-,23+,25-,26+,32-;;/m11../s1. The summed E-state index contributed by atoms with van der Waals surface area (Å²) in [6.45, 7) is 18.6. The fourth-order valence-corrected chi connectivity index (χ4v) is 18.7. The van der Waals surface area contributed by atoms with Crippen molar-refractivity contribution in [1.82, 2.24) is 14.5 Å². The molecular formula is C85H109BrN4O24S3. The van der Waals surface area contributed by atoms with E-state index in [2.05, 4.69) is 38.4 Å². The molecule has 2 heterocycles. The molecule has 13 rings (SSSR count). The number of amides is 3. The normalized spacial score (nSPS) is 23.7. The number of likely N-dealkylation sites (tertiary alicyclic amines) is 2. The van der Waals surface area contributed by atoms with Gasteiger partial charge in [0, 0.05) is 47.5 Å². The molecule has 2 aliphatic heterocycles. The average Bonchev–Trinajstić information content (AvgIpc) is 1.57. The van der Waals surface area contributed by atoms with Crippen LogP contribution in [-0.4, -0.2) is 170 Å². The lowest BCUT2D eigenvalue weighted by molar-refractivity contribution is -0.156. The second-order valence-corrected chi connectivity index (χ2v) is 38.7. The molecule has 0 aromatic heterocycles. The minimum absolute atomic E-state index is 0.0629. The Labute approximate surface area is 693 Å². The van der Waals surface area contributed by atoms with Gasteiger partial charge in [-0.2, -0.15) is 25.3 Å². The predicted molar refractivity (Wildman–Crippen MR) is 436 cm³/mol. The van der Waals surface area contributed by atoms with E-state index in [1.165, 1.54) is 29.0 Å². The number of fused-ring (bicyclic) bond motifs is 2. The molecule has 0 unspecified atom stereocenters. The first-order valence-electron chi connectivity index (χ1n) is 39.7. The monoisotopic (exact) mass is 1740 g/mol. The van der Waals surface area contributed by atoms with Crippen LogP contribution in [0.4, 0.5) is 0 Å². The summed E-state index contributed by atoms with van der Waals surface area (Å²) in [5.41, 5.74) is -3.76. The number of hydrogen-bond donors (Lipinski definition) is 3. The van der Waals surface area contributed by atoms with Crippen molar-refractivity contribution in [3.05, 3.63) is 127 Å². The topological polar surface area (TPSA) is 387 Å². The summed E-state index contributed by atoms with van der Waals surface area (Å²) in [5, 5.41) is 17.6. The number of phenolic OH excluding ortho intramolecular Hbond substituents is 1. The average molecular weight is 1750 g/mol. The van der Waals surface area contributed by atoms with Crippen molar-refractivity contribution in [1.29, 1.82) is 0 Å². The number of rotatable bonds is 30. The molecule has 0 bridgehead atoms. The maximum Gasteiger partial charge on any atom is 0.362 e. The molecule has 28 nitrogen and oxygen atoms in total. The summed E-state index contributed by atoms with van der Waals surface area (Å²) in [6.07, 6.45) is 10.5. The summed E-state index contributed by atoms with van der Waals surface area (Å²) >= 11 is 3.28. The molecule has 10 atom stereocenters. The van der Waals surface area contributed by atoms with E-state index in [1.807, 2.05) is 113 Å². The Bertz CT molecular complexity index is 4860. The van der Waals surface area contributed by atoms with Gasteiger partial charge in [-0.1, -0.05) is 93.9 Å². The van der Waals surface area contributed by atoms with Gasteiger partial charge in [0.25, 0.3) is 10.1 Å². The van der Waals surface area contributed by atoms with E-state index in [4.69, 9.17) is 36.8 Å². The SMILES string of the molecule is C=C[C@@H]1C[C@]1(CC(=O)[C@@H]1C[C@@H](Oc2cccc3cc(OC)ccc23)CN1C(=O)[C@@H](CC(=O)OC1CCCC1)C(C)(C)C)C(=O)NS(=O)(=O)OC1CC1.C=C[C@@H]1C[C@]1(CC(=O)[C@@H]1C[C@H](OS(=O)(=O)c2ccc(Br)cc2)CN1C(=O)[C@@H](CC(=O)OC1CCCC1)C(C)(C)C)C(=O)OC.COc1ccc2c(O)cccc2c1.NS(=O)(=O)OC1CC1. The smallest absolute Gasteiger partial charge is 0.362 e. The molecule has 117 heavy (non-hydrogen) atoms. The zero-order valence-electron chi connectivity index (χ0n) is 67.7. The van der Waals surface area contributed by atoms with Crippen LogP contribution in [0.5, 0.6) is 23.0 Å². The zero-order chi connectivity index (χ0) is 85.3. The van der Waals surface area contributed by atoms with Crippen LogP contribution < -0.4 is 24.1 Å².